The first-order valence-electron chi connectivity index (χ1n) is 8.88. The third-order valence-electron chi connectivity index (χ3n) is 3.89. The molecule has 0 saturated carbocycles. The standard InChI is InChI=1S/C20H25F2N3OS.HI/c1-3-23-20(25-15(2)18-10-9-17(21)13-19(18)22)24-11-12-27(26)14-16-7-5-4-6-8-16;/h4-10,13,15H,3,11-12,14H2,1-2H3,(H2,23,24,25);1H. The van der Waals surface area contributed by atoms with E-state index in [0.717, 1.165) is 11.6 Å². The van der Waals surface area contributed by atoms with Crippen LogP contribution in [0, 0.1) is 11.6 Å². The van der Waals surface area contributed by atoms with Gasteiger partial charge in [-0.1, -0.05) is 36.4 Å². The largest absolute Gasteiger partial charge is 0.357 e. The smallest absolute Gasteiger partial charge is 0.191 e. The van der Waals surface area contributed by atoms with Crippen LogP contribution in [0.5, 0.6) is 0 Å². The molecule has 0 bridgehead atoms. The lowest BCUT2D eigenvalue weighted by molar-refractivity contribution is 0.551. The molecule has 2 atom stereocenters. The van der Waals surface area contributed by atoms with E-state index < -0.39 is 28.5 Å². The lowest BCUT2D eigenvalue weighted by Crippen LogP contribution is -2.39. The summed E-state index contributed by atoms with van der Waals surface area (Å²) >= 11 is 0. The number of guanidine groups is 1. The summed E-state index contributed by atoms with van der Waals surface area (Å²) in [5.41, 5.74) is 1.39. The molecule has 2 N–H and O–H groups in total. The Morgan fingerprint density at radius 2 is 1.89 bits per heavy atom. The predicted molar refractivity (Wildman–Crippen MR) is 122 cm³/mol. The van der Waals surface area contributed by atoms with Gasteiger partial charge in [-0.15, -0.1) is 24.0 Å². The summed E-state index contributed by atoms with van der Waals surface area (Å²) in [5.74, 6) is 0.229. The molecule has 8 heteroatoms. The van der Waals surface area contributed by atoms with E-state index in [4.69, 9.17) is 0 Å². The molecule has 0 aliphatic heterocycles. The molecule has 0 fully saturated rings. The second-order valence-electron chi connectivity index (χ2n) is 6.07. The number of rotatable bonds is 8. The van der Waals surface area contributed by atoms with E-state index >= 15 is 0 Å². The molecule has 0 aliphatic rings. The van der Waals surface area contributed by atoms with Crippen LogP contribution in [-0.4, -0.2) is 29.0 Å². The zero-order valence-electron chi connectivity index (χ0n) is 16.0. The molecule has 0 radical (unpaired) electrons. The van der Waals surface area contributed by atoms with Crippen LogP contribution in [0.1, 0.15) is 31.0 Å². The molecular formula is C20H26F2IN3OS. The first-order chi connectivity index (χ1) is 13.0. The second kappa shape index (κ2) is 12.8. The number of halogens is 3. The Morgan fingerprint density at radius 1 is 1.18 bits per heavy atom. The molecule has 4 nitrogen and oxygen atoms in total. The van der Waals surface area contributed by atoms with E-state index in [9.17, 15) is 13.0 Å². The fourth-order valence-corrected chi connectivity index (χ4v) is 3.55. The van der Waals surface area contributed by atoms with Crippen LogP contribution in [0.3, 0.4) is 0 Å². The Hall–Kier alpha value is -1.55. The SMILES string of the molecule is CCNC(=NCCS(=O)Cc1ccccc1)NC(C)c1ccc(F)cc1F.I. The van der Waals surface area contributed by atoms with E-state index in [1.807, 2.05) is 37.3 Å². The van der Waals surface area contributed by atoms with E-state index in [1.54, 1.807) is 6.92 Å². The van der Waals surface area contributed by atoms with Crippen LogP contribution in [-0.2, 0) is 16.6 Å². The molecule has 0 spiro atoms. The quantitative estimate of drug-likeness (QED) is 0.312. The fraction of sp³-hybridized carbons (Fsp3) is 0.350. The van der Waals surface area contributed by atoms with Crippen molar-refractivity contribution in [3.63, 3.8) is 0 Å². The minimum absolute atomic E-state index is 0. The summed E-state index contributed by atoms with van der Waals surface area (Å²) in [7, 11) is -1.01. The van der Waals surface area contributed by atoms with Gasteiger partial charge in [0.15, 0.2) is 5.96 Å². The van der Waals surface area contributed by atoms with Crippen LogP contribution >= 0.6 is 24.0 Å². The van der Waals surface area contributed by atoms with Crippen molar-refractivity contribution in [2.45, 2.75) is 25.6 Å². The summed E-state index contributed by atoms with van der Waals surface area (Å²) in [6.45, 7) is 4.72. The maximum absolute atomic E-state index is 13.9. The average molecular weight is 521 g/mol. The van der Waals surface area contributed by atoms with Crippen LogP contribution in [0.2, 0.25) is 0 Å². The molecule has 0 heterocycles. The first kappa shape index (κ1) is 24.5. The normalized spacial score (nSPS) is 13.4. The van der Waals surface area contributed by atoms with Crippen molar-refractivity contribution < 1.29 is 13.0 Å². The molecule has 2 aromatic rings. The lowest BCUT2D eigenvalue weighted by Gasteiger charge is -2.18. The van der Waals surface area contributed by atoms with Crippen molar-refractivity contribution >= 4 is 40.7 Å². The third-order valence-corrected chi connectivity index (χ3v) is 5.18. The molecule has 2 aromatic carbocycles. The highest BCUT2D eigenvalue weighted by Gasteiger charge is 2.13. The minimum Gasteiger partial charge on any atom is -0.357 e. The number of nitrogens with one attached hydrogen (secondary N) is 2. The molecular weight excluding hydrogens is 495 g/mol. The average Bonchev–Trinajstić information content (AvgIpc) is 2.62. The van der Waals surface area contributed by atoms with Gasteiger partial charge in [-0.05, 0) is 25.5 Å². The van der Waals surface area contributed by atoms with Gasteiger partial charge < -0.3 is 10.6 Å². The van der Waals surface area contributed by atoms with Gasteiger partial charge in [-0.3, -0.25) is 9.20 Å². The predicted octanol–water partition coefficient (Wildman–Crippen LogP) is 4.15. The number of aliphatic imine (C=N–C) groups is 1. The maximum atomic E-state index is 13.9. The summed E-state index contributed by atoms with van der Waals surface area (Å²) in [5, 5.41) is 6.18. The van der Waals surface area contributed by atoms with Gasteiger partial charge in [0, 0.05) is 40.5 Å². The molecule has 0 aliphatic carbocycles. The Labute approximate surface area is 184 Å². The zero-order chi connectivity index (χ0) is 19.6. The zero-order valence-corrected chi connectivity index (χ0v) is 19.1. The Bertz CT molecular complexity index is 790. The molecule has 154 valence electrons. The van der Waals surface area contributed by atoms with Crippen molar-refractivity contribution in [3.8, 4) is 0 Å². The monoisotopic (exact) mass is 521 g/mol. The summed E-state index contributed by atoms with van der Waals surface area (Å²) < 4.78 is 39.2. The van der Waals surface area contributed by atoms with E-state index in [1.165, 1.54) is 12.1 Å². The highest BCUT2D eigenvalue weighted by Crippen LogP contribution is 2.17. The van der Waals surface area contributed by atoms with Crippen LogP contribution in [0.4, 0.5) is 8.78 Å². The topological polar surface area (TPSA) is 53.5 Å². The molecule has 0 aromatic heterocycles. The highest BCUT2D eigenvalue weighted by molar-refractivity contribution is 14.0. The summed E-state index contributed by atoms with van der Waals surface area (Å²) in [4.78, 5) is 4.41. The van der Waals surface area contributed by atoms with Gasteiger partial charge >= 0.3 is 0 Å². The van der Waals surface area contributed by atoms with Crippen molar-refractivity contribution in [2.24, 2.45) is 4.99 Å². The van der Waals surface area contributed by atoms with E-state index in [2.05, 4.69) is 15.6 Å². The third kappa shape index (κ3) is 8.22. The highest BCUT2D eigenvalue weighted by atomic mass is 127. The Morgan fingerprint density at radius 3 is 2.54 bits per heavy atom. The molecule has 2 rings (SSSR count). The van der Waals surface area contributed by atoms with Crippen LogP contribution < -0.4 is 10.6 Å². The van der Waals surface area contributed by atoms with Crippen LogP contribution in [0.25, 0.3) is 0 Å². The van der Waals surface area contributed by atoms with Gasteiger partial charge in [-0.25, -0.2) is 8.78 Å². The summed E-state index contributed by atoms with van der Waals surface area (Å²) in [6.07, 6.45) is 0. The van der Waals surface area contributed by atoms with Crippen molar-refractivity contribution in [2.75, 3.05) is 18.8 Å². The number of nitrogens with zero attached hydrogens (tertiary/aromatic N) is 1. The van der Waals surface area contributed by atoms with Crippen molar-refractivity contribution in [1.29, 1.82) is 0 Å². The molecule has 0 amide bonds. The van der Waals surface area contributed by atoms with Crippen LogP contribution in [0.15, 0.2) is 53.5 Å². The van der Waals surface area contributed by atoms with Crippen molar-refractivity contribution in [1.82, 2.24) is 10.6 Å². The van der Waals surface area contributed by atoms with Gasteiger partial charge in [0.1, 0.15) is 11.6 Å². The molecule has 0 saturated heterocycles. The van der Waals surface area contributed by atoms with E-state index in [0.29, 0.717) is 36.1 Å². The minimum atomic E-state index is -1.01. The number of hydrogen-bond acceptors (Lipinski definition) is 2. The Balaban J connectivity index is 0.00000392. The van der Waals surface area contributed by atoms with Gasteiger partial charge in [0.05, 0.1) is 12.6 Å². The molecule has 2 unspecified atom stereocenters. The first-order valence-corrected chi connectivity index (χ1v) is 10.4. The number of benzene rings is 2. The Kier molecular flexibility index (Phi) is 11.2. The van der Waals surface area contributed by atoms with Gasteiger partial charge in [0.25, 0.3) is 0 Å². The second-order valence-corrected chi connectivity index (χ2v) is 7.64. The fourth-order valence-electron chi connectivity index (χ4n) is 2.55. The van der Waals surface area contributed by atoms with Crippen molar-refractivity contribution in [3.05, 3.63) is 71.3 Å². The lowest BCUT2D eigenvalue weighted by atomic mass is 10.1. The number of hydrogen-bond donors (Lipinski definition) is 2. The van der Waals surface area contributed by atoms with Gasteiger partial charge in [-0.2, -0.15) is 0 Å². The van der Waals surface area contributed by atoms with E-state index in [-0.39, 0.29) is 24.0 Å². The molecule has 28 heavy (non-hydrogen) atoms. The summed E-state index contributed by atoms with van der Waals surface area (Å²) in [6, 6.07) is 12.8. The maximum Gasteiger partial charge on any atom is 0.191 e. The van der Waals surface area contributed by atoms with Gasteiger partial charge in [0.2, 0.25) is 0 Å².